The van der Waals surface area contributed by atoms with E-state index in [0.717, 1.165) is 11.3 Å². The number of benzene rings is 3. The van der Waals surface area contributed by atoms with Crippen LogP contribution in [0.5, 0.6) is 0 Å². The van der Waals surface area contributed by atoms with Crippen LogP contribution in [-0.4, -0.2) is 19.6 Å². The van der Waals surface area contributed by atoms with Crippen molar-refractivity contribution >= 4 is 50.7 Å². The lowest BCUT2D eigenvalue weighted by Gasteiger charge is -2.13. The molecule has 0 aromatic heterocycles. The molecular formula is C22H21ClN2O3S2. The van der Waals surface area contributed by atoms with Crippen LogP contribution in [0.1, 0.15) is 12.5 Å². The Balaban J connectivity index is 1.57. The van der Waals surface area contributed by atoms with E-state index >= 15 is 0 Å². The topological polar surface area (TPSA) is 75.3 Å². The molecule has 2 N–H and O–H groups in total. The van der Waals surface area contributed by atoms with Gasteiger partial charge in [-0.3, -0.25) is 9.52 Å². The van der Waals surface area contributed by atoms with Gasteiger partial charge in [0, 0.05) is 22.2 Å². The summed E-state index contributed by atoms with van der Waals surface area (Å²) in [5.41, 5.74) is 2.11. The molecule has 3 aromatic carbocycles. The lowest BCUT2D eigenvalue weighted by molar-refractivity contribution is -0.115. The number of sulfonamides is 1. The van der Waals surface area contributed by atoms with E-state index in [0.29, 0.717) is 16.4 Å². The maximum absolute atomic E-state index is 12.5. The summed E-state index contributed by atoms with van der Waals surface area (Å²) in [6.45, 7) is 1.85. The highest BCUT2D eigenvalue weighted by molar-refractivity contribution is 7.99. The number of carbonyl (C=O) groups is 1. The number of halogens is 1. The number of nitrogens with one attached hydrogen (secondary N) is 2. The molecule has 0 fully saturated rings. The van der Waals surface area contributed by atoms with Crippen LogP contribution in [0.4, 0.5) is 11.4 Å². The van der Waals surface area contributed by atoms with Gasteiger partial charge >= 0.3 is 0 Å². The summed E-state index contributed by atoms with van der Waals surface area (Å²) in [4.78, 5) is 12.5. The third-order valence-electron chi connectivity index (χ3n) is 4.24. The third-order valence-corrected chi connectivity index (χ3v) is 7.10. The second kappa shape index (κ2) is 10.0. The van der Waals surface area contributed by atoms with Crippen LogP contribution in [0.3, 0.4) is 0 Å². The van der Waals surface area contributed by atoms with Crippen molar-refractivity contribution < 1.29 is 13.2 Å². The fourth-order valence-electron chi connectivity index (χ4n) is 2.56. The second-order valence-electron chi connectivity index (χ2n) is 6.56. The molecule has 0 spiro atoms. The molecule has 8 heteroatoms. The van der Waals surface area contributed by atoms with E-state index in [1.807, 2.05) is 37.3 Å². The average molecular weight is 461 g/mol. The van der Waals surface area contributed by atoms with Crippen molar-refractivity contribution in [3.05, 3.63) is 89.4 Å². The van der Waals surface area contributed by atoms with Gasteiger partial charge in [0.05, 0.1) is 10.1 Å². The number of rotatable bonds is 8. The lowest BCUT2D eigenvalue weighted by atomic mass is 10.2. The van der Waals surface area contributed by atoms with Gasteiger partial charge in [-0.1, -0.05) is 41.9 Å². The first kappa shape index (κ1) is 22.2. The highest BCUT2D eigenvalue weighted by Crippen LogP contribution is 2.22. The van der Waals surface area contributed by atoms with Crippen molar-refractivity contribution in [1.82, 2.24) is 0 Å². The van der Waals surface area contributed by atoms with Crippen molar-refractivity contribution in [2.75, 3.05) is 10.0 Å². The fourth-order valence-corrected chi connectivity index (χ4v) is 4.59. The van der Waals surface area contributed by atoms with Crippen LogP contribution in [-0.2, 0) is 20.6 Å². The number of thioether (sulfide) groups is 1. The van der Waals surface area contributed by atoms with Gasteiger partial charge < -0.3 is 5.32 Å². The van der Waals surface area contributed by atoms with Gasteiger partial charge in [-0.2, -0.15) is 0 Å². The smallest absolute Gasteiger partial charge is 0.261 e. The van der Waals surface area contributed by atoms with Crippen LogP contribution < -0.4 is 10.0 Å². The largest absolute Gasteiger partial charge is 0.325 e. The molecule has 30 heavy (non-hydrogen) atoms. The molecule has 0 aliphatic rings. The lowest BCUT2D eigenvalue weighted by Crippen LogP contribution is -2.22. The summed E-state index contributed by atoms with van der Waals surface area (Å²) in [6.07, 6.45) is 0. The van der Waals surface area contributed by atoms with E-state index < -0.39 is 10.0 Å². The summed E-state index contributed by atoms with van der Waals surface area (Å²) in [7, 11) is -3.74. The maximum Gasteiger partial charge on any atom is 0.261 e. The third kappa shape index (κ3) is 6.26. The number of hydrogen-bond donors (Lipinski definition) is 2. The van der Waals surface area contributed by atoms with Gasteiger partial charge in [0.1, 0.15) is 0 Å². The molecule has 3 aromatic rings. The quantitative estimate of drug-likeness (QED) is 0.471. The molecule has 0 unspecified atom stereocenters. The molecule has 0 aliphatic carbocycles. The van der Waals surface area contributed by atoms with Gasteiger partial charge in [0.25, 0.3) is 10.0 Å². The van der Waals surface area contributed by atoms with Crippen molar-refractivity contribution in [1.29, 1.82) is 0 Å². The van der Waals surface area contributed by atoms with Gasteiger partial charge in [-0.25, -0.2) is 8.42 Å². The molecule has 0 heterocycles. The first-order chi connectivity index (χ1) is 14.3. The highest BCUT2D eigenvalue weighted by atomic mass is 35.5. The minimum atomic E-state index is -3.74. The van der Waals surface area contributed by atoms with Gasteiger partial charge in [-0.15, -0.1) is 11.8 Å². The molecule has 156 valence electrons. The molecule has 0 radical (unpaired) electrons. The van der Waals surface area contributed by atoms with Crippen molar-refractivity contribution in [2.24, 2.45) is 0 Å². The van der Waals surface area contributed by atoms with E-state index in [-0.39, 0.29) is 16.1 Å². The Kier molecular flexibility index (Phi) is 7.42. The van der Waals surface area contributed by atoms with Crippen LogP contribution in [0.15, 0.2) is 83.8 Å². The normalized spacial score (nSPS) is 12.2. The van der Waals surface area contributed by atoms with Gasteiger partial charge in [0.2, 0.25) is 5.91 Å². The molecular weight excluding hydrogens is 440 g/mol. The molecule has 1 atom stereocenters. The fraction of sp³-hybridized carbons (Fsp3) is 0.136. The Bertz CT molecular complexity index is 1090. The first-order valence-corrected chi connectivity index (χ1v) is 12.1. The molecule has 0 aliphatic heterocycles. The first-order valence-electron chi connectivity index (χ1n) is 9.18. The van der Waals surface area contributed by atoms with E-state index in [2.05, 4.69) is 10.0 Å². The highest BCUT2D eigenvalue weighted by Gasteiger charge is 2.16. The Labute approximate surface area is 185 Å². The predicted octanol–water partition coefficient (Wildman–Crippen LogP) is 5.40. The monoisotopic (exact) mass is 460 g/mol. The molecule has 0 saturated carbocycles. The maximum atomic E-state index is 12.5. The number of hydrogen-bond acceptors (Lipinski definition) is 4. The second-order valence-corrected chi connectivity index (χ2v) is 10.0. The number of amides is 1. The molecule has 3 rings (SSSR count). The van der Waals surface area contributed by atoms with Crippen molar-refractivity contribution in [3.8, 4) is 0 Å². The summed E-state index contributed by atoms with van der Waals surface area (Å²) >= 11 is 7.36. The molecule has 0 saturated heterocycles. The molecule has 0 bridgehead atoms. The number of carbonyl (C=O) groups excluding carboxylic acids is 1. The van der Waals surface area contributed by atoms with Gasteiger partial charge in [-0.05, 0) is 61.0 Å². The zero-order valence-corrected chi connectivity index (χ0v) is 18.6. The average Bonchev–Trinajstić information content (AvgIpc) is 2.74. The van der Waals surface area contributed by atoms with E-state index in [1.165, 1.54) is 23.9 Å². The number of anilines is 2. The van der Waals surface area contributed by atoms with E-state index in [4.69, 9.17) is 11.6 Å². The predicted molar refractivity (Wildman–Crippen MR) is 125 cm³/mol. The Morgan fingerprint density at radius 1 is 0.933 bits per heavy atom. The minimum absolute atomic E-state index is 0.0990. The zero-order valence-electron chi connectivity index (χ0n) is 16.2. The van der Waals surface area contributed by atoms with Crippen molar-refractivity contribution in [3.63, 3.8) is 0 Å². The summed E-state index contributed by atoms with van der Waals surface area (Å²) in [6, 6.07) is 22.4. The standard InChI is InChI=1S/C22H21ClN2O3S2/c1-16(29-15-17-5-3-2-4-6-17)22(26)24-19-11-13-21(14-12-19)30(27,28)25-20-9-7-18(23)8-10-20/h2-14,16,25H,15H2,1H3,(H,24,26)/t16-/m1/s1. The van der Waals surface area contributed by atoms with Crippen LogP contribution in [0.25, 0.3) is 0 Å². The van der Waals surface area contributed by atoms with E-state index in [1.54, 1.807) is 36.4 Å². The SMILES string of the molecule is C[C@@H](SCc1ccccc1)C(=O)Nc1ccc(S(=O)(=O)Nc2ccc(Cl)cc2)cc1. The molecule has 5 nitrogen and oxygen atoms in total. The van der Waals surface area contributed by atoms with Crippen molar-refractivity contribution in [2.45, 2.75) is 22.8 Å². The Hall–Kier alpha value is -2.48. The van der Waals surface area contributed by atoms with Gasteiger partial charge in [0.15, 0.2) is 0 Å². The Morgan fingerprint density at radius 3 is 2.17 bits per heavy atom. The van der Waals surface area contributed by atoms with E-state index in [9.17, 15) is 13.2 Å². The van der Waals surface area contributed by atoms with Crippen LogP contribution in [0.2, 0.25) is 5.02 Å². The Morgan fingerprint density at radius 2 is 1.53 bits per heavy atom. The molecule has 1 amide bonds. The van der Waals surface area contributed by atoms with Crippen LogP contribution >= 0.6 is 23.4 Å². The summed E-state index contributed by atoms with van der Waals surface area (Å²) < 4.78 is 27.5. The zero-order chi connectivity index (χ0) is 21.6. The summed E-state index contributed by atoms with van der Waals surface area (Å²) in [5.74, 6) is 0.606. The minimum Gasteiger partial charge on any atom is -0.325 e. The summed E-state index contributed by atoms with van der Waals surface area (Å²) in [5, 5.41) is 3.10. The van der Waals surface area contributed by atoms with Crippen LogP contribution in [0, 0.1) is 0 Å².